The van der Waals surface area contributed by atoms with Gasteiger partial charge in [-0.2, -0.15) is 0 Å². The second-order valence-corrected chi connectivity index (χ2v) is 5.78. The molecule has 0 aromatic rings. The first-order chi connectivity index (χ1) is 11.7. The van der Waals surface area contributed by atoms with Crippen LogP contribution in [0.15, 0.2) is 36.0 Å². The number of carbonyl (C=O) groups excluding carboxylic acids is 2. The fourth-order valence-corrected chi connectivity index (χ4v) is 2.55. The molecule has 4 nitrogen and oxygen atoms in total. The smallest absolute Gasteiger partial charge is 0.334 e. The van der Waals surface area contributed by atoms with Crippen LogP contribution in [0.4, 0.5) is 0 Å². The standard InChI is InChI=1S/C20H30O4/c1-3-5-7-11-15-23-19(21)17-13-9-10-14-18(17)20(22)24-16-12-8-6-4-2/h5-8,13,18H,3-4,9-12,14-16H2,1-2H3/b7-5+,8-6+. The maximum Gasteiger partial charge on any atom is 0.334 e. The molecule has 0 aromatic carbocycles. The highest BCUT2D eigenvalue weighted by atomic mass is 16.5. The van der Waals surface area contributed by atoms with Crippen LogP contribution in [0, 0.1) is 5.92 Å². The lowest BCUT2D eigenvalue weighted by Crippen LogP contribution is -2.27. The third-order valence-electron chi connectivity index (χ3n) is 3.81. The highest BCUT2D eigenvalue weighted by Crippen LogP contribution is 2.27. The molecule has 0 radical (unpaired) electrons. The zero-order valence-electron chi connectivity index (χ0n) is 15.0. The maximum atomic E-state index is 12.3. The minimum absolute atomic E-state index is 0.311. The highest BCUT2D eigenvalue weighted by Gasteiger charge is 2.31. The summed E-state index contributed by atoms with van der Waals surface area (Å²) in [5.41, 5.74) is 0.467. The monoisotopic (exact) mass is 334 g/mol. The van der Waals surface area contributed by atoms with Crippen molar-refractivity contribution in [3.63, 3.8) is 0 Å². The van der Waals surface area contributed by atoms with Gasteiger partial charge in [-0.15, -0.1) is 0 Å². The third-order valence-corrected chi connectivity index (χ3v) is 3.81. The Morgan fingerprint density at radius 3 is 2.29 bits per heavy atom. The molecule has 0 heterocycles. The first-order valence-corrected chi connectivity index (χ1v) is 9.04. The van der Waals surface area contributed by atoms with Gasteiger partial charge in [0.15, 0.2) is 0 Å². The Balaban J connectivity index is 2.47. The van der Waals surface area contributed by atoms with Crippen molar-refractivity contribution >= 4 is 11.9 Å². The number of hydrogen-bond acceptors (Lipinski definition) is 4. The summed E-state index contributed by atoms with van der Waals surface area (Å²) in [6, 6.07) is 0. The van der Waals surface area contributed by atoms with Crippen molar-refractivity contribution in [2.24, 2.45) is 5.92 Å². The van der Waals surface area contributed by atoms with Crippen molar-refractivity contribution in [2.75, 3.05) is 13.2 Å². The summed E-state index contributed by atoms with van der Waals surface area (Å²) in [5, 5.41) is 0. The lowest BCUT2D eigenvalue weighted by Gasteiger charge is -2.21. The van der Waals surface area contributed by atoms with Crippen molar-refractivity contribution in [3.05, 3.63) is 36.0 Å². The molecule has 134 valence electrons. The topological polar surface area (TPSA) is 52.6 Å². The maximum absolute atomic E-state index is 12.3. The fraction of sp³-hybridized carbons (Fsp3) is 0.600. The molecule has 0 spiro atoms. The van der Waals surface area contributed by atoms with Crippen LogP contribution in [0.5, 0.6) is 0 Å². The highest BCUT2D eigenvalue weighted by molar-refractivity contribution is 5.95. The Labute approximate surface area is 145 Å². The van der Waals surface area contributed by atoms with Gasteiger partial charge in [0.25, 0.3) is 0 Å². The normalized spacial score (nSPS) is 17.9. The third kappa shape index (κ3) is 7.62. The van der Waals surface area contributed by atoms with E-state index >= 15 is 0 Å². The van der Waals surface area contributed by atoms with Crippen molar-refractivity contribution < 1.29 is 19.1 Å². The zero-order valence-corrected chi connectivity index (χ0v) is 15.0. The molecule has 24 heavy (non-hydrogen) atoms. The summed E-state index contributed by atoms with van der Waals surface area (Å²) >= 11 is 0. The van der Waals surface area contributed by atoms with Gasteiger partial charge in [0, 0.05) is 5.57 Å². The molecule has 0 aromatic heterocycles. The van der Waals surface area contributed by atoms with Crippen LogP contribution in [0.25, 0.3) is 0 Å². The molecule has 0 bridgehead atoms. The largest absolute Gasteiger partial charge is 0.465 e. The van der Waals surface area contributed by atoms with E-state index in [4.69, 9.17) is 9.47 Å². The first kappa shape index (κ1) is 20.2. The molecule has 0 N–H and O–H groups in total. The minimum Gasteiger partial charge on any atom is -0.465 e. The van der Waals surface area contributed by atoms with Gasteiger partial charge in [-0.25, -0.2) is 4.79 Å². The zero-order chi connectivity index (χ0) is 17.6. The van der Waals surface area contributed by atoms with Crippen LogP contribution in [0.3, 0.4) is 0 Å². The molecule has 1 rings (SSSR count). The molecule has 4 heteroatoms. The lowest BCUT2D eigenvalue weighted by molar-refractivity contribution is -0.151. The molecule has 1 unspecified atom stereocenters. The molecule has 0 amide bonds. The van der Waals surface area contributed by atoms with E-state index in [1.807, 2.05) is 30.4 Å². The van der Waals surface area contributed by atoms with Crippen LogP contribution in [-0.4, -0.2) is 25.2 Å². The molecule has 0 saturated heterocycles. The predicted octanol–water partition coefficient (Wildman–Crippen LogP) is 4.51. The molecule has 1 aliphatic carbocycles. The van der Waals surface area contributed by atoms with Gasteiger partial charge >= 0.3 is 11.9 Å². The summed E-state index contributed by atoms with van der Waals surface area (Å²) in [7, 11) is 0. The number of hydrogen-bond donors (Lipinski definition) is 0. The van der Waals surface area contributed by atoms with E-state index < -0.39 is 5.92 Å². The van der Waals surface area contributed by atoms with Gasteiger partial charge in [-0.3, -0.25) is 4.79 Å². The molecular formula is C20H30O4. The van der Waals surface area contributed by atoms with E-state index in [0.29, 0.717) is 38.0 Å². The Bertz CT molecular complexity index is 474. The van der Waals surface area contributed by atoms with Gasteiger partial charge in [0.2, 0.25) is 0 Å². The first-order valence-electron chi connectivity index (χ1n) is 9.04. The minimum atomic E-state index is -0.479. The number of rotatable bonds is 10. The summed E-state index contributed by atoms with van der Waals surface area (Å²) in [4.78, 5) is 24.5. The molecule has 0 saturated carbocycles. The van der Waals surface area contributed by atoms with E-state index in [2.05, 4.69) is 13.8 Å². The summed E-state index contributed by atoms with van der Waals surface area (Å²) in [6.07, 6.45) is 15.6. The van der Waals surface area contributed by atoms with Crippen LogP contribution in [0.1, 0.15) is 58.8 Å². The number of carbonyl (C=O) groups is 2. The van der Waals surface area contributed by atoms with Crippen molar-refractivity contribution in [1.29, 1.82) is 0 Å². The average molecular weight is 334 g/mol. The molecule has 1 aliphatic rings. The number of esters is 2. The van der Waals surface area contributed by atoms with Crippen LogP contribution < -0.4 is 0 Å². The predicted molar refractivity (Wildman–Crippen MR) is 95.4 cm³/mol. The SMILES string of the molecule is CC/C=C/CCOC(=O)C1=CCCCC1C(=O)OCC/C=C/CC. The van der Waals surface area contributed by atoms with Crippen molar-refractivity contribution in [1.82, 2.24) is 0 Å². The van der Waals surface area contributed by atoms with Crippen LogP contribution in [0.2, 0.25) is 0 Å². The second kappa shape index (κ2) is 12.6. The Kier molecular flexibility index (Phi) is 10.6. The van der Waals surface area contributed by atoms with Gasteiger partial charge < -0.3 is 9.47 Å². The van der Waals surface area contributed by atoms with E-state index in [0.717, 1.165) is 25.7 Å². The van der Waals surface area contributed by atoms with Gasteiger partial charge in [-0.05, 0) is 44.9 Å². The van der Waals surface area contributed by atoms with Gasteiger partial charge in [0.05, 0.1) is 19.1 Å². The Morgan fingerprint density at radius 2 is 1.67 bits per heavy atom. The van der Waals surface area contributed by atoms with Crippen molar-refractivity contribution in [2.45, 2.75) is 58.8 Å². The summed E-state index contributed by atoms with van der Waals surface area (Å²) in [6.45, 7) is 4.82. The summed E-state index contributed by atoms with van der Waals surface area (Å²) < 4.78 is 10.6. The molecular weight excluding hydrogens is 304 g/mol. The molecule has 0 fully saturated rings. The molecule has 1 atom stereocenters. The van der Waals surface area contributed by atoms with Crippen molar-refractivity contribution in [3.8, 4) is 0 Å². The van der Waals surface area contributed by atoms with E-state index in [-0.39, 0.29) is 11.9 Å². The lowest BCUT2D eigenvalue weighted by atomic mass is 9.87. The second-order valence-electron chi connectivity index (χ2n) is 5.78. The fourth-order valence-electron chi connectivity index (χ4n) is 2.55. The number of allylic oxidation sites excluding steroid dienone is 3. The average Bonchev–Trinajstić information content (AvgIpc) is 2.61. The van der Waals surface area contributed by atoms with Crippen LogP contribution in [-0.2, 0) is 19.1 Å². The van der Waals surface area contributed by atoms with Crippen LogP contribution >= 0.6 is 0 Å². The molecule has 0 aliphatic heterocycles. The quantitative estimate of drug-likeness (QED) is 0.335. The summed E-state index contributed by atoms with van der Waals surface area (Å²) in [5.74, 6) is -1.17. The van der Waals surface area contributed by atoms with E-state index in [9.17, 15) is 9.59 Å². The van der Waals surface area contributed by atoms with Gasteiger partial charge in [0.1, 0.15) is 0 Å². The van der Waals surface area contributed by atoms with E-state index in [1.165, 1.54) is 0 Å². The van der Waals surface area contributed by atoms with Gasteiger partial charge in [-0.1, -0.05) is 44.2 Å². The Hall–Kier alpha value is -1.84. The number of ether oxygens (including phenoxy) is 2. The Morgan fingerprint density at radius 1 is 1.04 bits per heavy atom. The van der Waals surface area contributed by atoms with E-state index in [1.54, 1.807) is 0 Å².